The lowest BCUT2D eigenvalue weighted by Crippen LogP contribution is -2.28. The van der Waals surface area contributed by atoms with Crippen LogP contribution in [0.25, 0.3) is 0 Å². The maximum absolute atomic E-state index is 12.3. The van der Waals surface area contributed by atoms with Crippen LogP contribution in [-0.2, 0) is 16.6 Å². The molecule has 0 radical (unpaired) electrons. The monoisotopic (exact) mass is 409 g/mol. The van der Waals surface area contributed by atoms with E-state index in [0.29, 0.717) is 12.1 Å². The second-order valence-electron chi connectivity index (χ2n) is 6.40. The van der Waals surface area contributed by atoms with E-state index in [-0.39, 0.29) is 16.6 Å². The first kappa shape index (κ1) is 21.2. The molecule has 2 N–H and O–H groups in total. The fraction of sp³-hybridized carbons (Fsp3) is 0.316. The van der Waals surface area contributed by atoms with Gasteiger partial charge in [0.1, 0.15) is 0 Å². The van der Waals surface area contributed by atoms with Crippen LogP contribution in [0.5, 0.6) is 0 Å². The van der Waals surface area contributed by atoms with E-state index in [4.69, 9.17) is 11.6 Å². The van der Waals surface area contributed by atoms with Gasteiger partial charge in [-0.1, -0.05) is 41.9 Å². The minimum atomic E-state index is -3.47. The molecule has 0 heterocycles. The Kier molecular flexibility index (Phi) is 7.65. The summed E-state index contributed by atoms with van der Waals surface area (Å²) in [5, 5.41) is 3.08. The molecule has 0 bridgehead atoms. The fourth-order valence-electron chi connectivity index (χ4n) is 2.57. The Morgan fingerprint density at radius 2 is 1.85 bits per heavy atom. The summed E-state index contributed by atoms with van der Waals surface area (Å²) < 4.78 is 25.0. The van der Waals surface area contributed by atoms with Gasteiger partial charge in [0.2, 0.25) is 10.0 Å². The van der Waals surface area contributed by atoms with Crippen molar-refractivity contribution in [3.05, 3.63) is 64.7 Å². The number of carbonyl (C=O) groups is 1. The lowest BCUT2D eigenvalue weighted by molar-refractivity contribution is 0.0952. The summed E-state index contributed by atoms with van der Waals surface area (Å²) in [7, 11) is -1.43. The summed E-state index contributed by atoms with van der Waals surface area (Å²) in [6, 6.07) is 14.7. The van der Waals surface area contributed by atoms with Crippen molar-refractivity contribution in [2.45, 2.75) is 13.0 Å². The van der Waals surface area contributed by atoms with Gasteiger partial charge in [-0.3, -0.25) is 9.52 Å². The molecule has 2 aromatic rings. The van der Waals surface area contributed by atoms with Gasteiger partial charge >= 0.3 is 0 Å². The predicted molar refractivity (Wildman–Crippen MR) is 110 cm³/mol. The van der Waals surface area contributed by atoms with Crippen LogP contribution in [0.3, 0.4) is 0 Å². The van der Waals surface area contributed by atoms with E-state index >= 15 is 0 Å². The van der Waals surface area contributed by atoms with Crippen LogP contribution >= 0.6 is 11.6 Å². The van der Waals surface area contributed by atoms with E-state index < -0.39 is 10.0 Å². The summed E-state index contributed by atoms with van der Waals surface area (Å²) in [6.45, 7) is 2.22. The van der Waals surface area contributed by atoms with E-state index in [0.717, 1.165) is 25.8 Å². The zero-order valence-corrected chi connectivity index (χ0v) is 17.0. The van der Waals surface area contributed by atoms with Crippen LogP contribution in [-0.4, -0.2) is 45.6 Å². The van der Waals surface area contributed by atoms with Crippen molar-refractivity contribution < 1.29 is 13.2 Å². The highest BCUT2D eigenvalue weighted by molar-refractivity contribution is 7.92. The lowest BCUT2D eigenvalue weighted by atomic mass is 10.2. The molecule has 0 unspecified atom stereocenters. The molecular formula is C19H24ClN3O3S. The summed E-state index contributed by atoms with van der Waals surface area (Å²) in [5.41, 5.74) is 1.79. The molecule has 0 saturated heterocycles. The molecule has 6 nitrogen and oxygen atoms in total. The van der Waals surface area contributed by atoms with Gasteiger partial charge < -0.3 is 10.2 Å². The van der Waals surface area contributed by atoms with Crippen molar-refractivity contribution >= 4 is 33.2 Å². The van der Waals surface area contributed by atoms with Gasteiger partial charge in [0.15, 0.2) is 0 Å². The second kappa shape index (κ2) is 9.73. The van der Waals surface area contributed by atoms with Gasteiger partial charge in [0, 0.05) is 18.7 Å². The summed E-state index contributed by atoms with van der Waals surface area (Å²) in [6.07, 6.45) is 1.83. The zero-order chi connectivity index (χ0) is 19.9. The average Bonchev–Trinajstić information content (AvgIpc) is 2.60. The van der Waals surface area contributed by atoms with Crippen molar-refractivity contribution in [3.8, 4) is 0 Å². The maximum atomic E-state index is 12.3. The Morgan fingerprint density at radius 3 is 2.52 bits per heavy atom. The van der Waals surface area contributed by atoms with Crippen LogP contribution in [0.15, 0.2) is 48.5 Å². The third-order valence-electron chi connectivity index (χ3n) is 3.82. The topological polar surface area (TPSA) is 78.5 Å². The van der Waals surface area contributed by atoms with Gasteiger partial charge in [-0.05, 0) is 43.8 Å². The van der Waals surface area contributed by atoms with E-state index in [9.17, 15) is 13.2 Å². The van der Waals surface area contributed by atoms with Crippen molar-refractivity contribution in [2.75, 3.05) is 31.1 Å². The Balaban J connectivity index is 1.81. The normalized spacial score (nSPS) is 11.4. The highest BCUT2D eigenvalue weighted by Gasteiger charge is 2.11. The highest BCUT2D eigenvalue weighted by Crippen LogP contribution is 2.23. The molecule has 0 saturated carbocycles. The minimum absolute atomic E-state index is 0.189. The van der Waals surface area contributed by atoms with Gasteiger partial charge in [-0.15, -0.1) is 0 Å². The van der Waals surface area contributed by atoms with E-state index in [1.165, 1.54) is 17.7 Å². The first-order valence-corrected chi connectivity index (χ1v) is 10.8. The van der Waals surface area contributed by atoms with Crippen LogP contribution in [0.4, 0.5) is 5.69 Å². The van der Waals surface area contributed by atoms with Crippen LogP contribution in [0.2, 0.25) is 5.02 Å². The van der Waals surface area contributed by atoms with Gasteiger partial charge in [0.05, 0.1) is 17.0 Å². The number of nitrogens with zero attached hydrogens (tertiary/aromatic N) is 1. The Morgan fingerprint density at radius 1 is 1.15 bits per heavy atom. The minimum Gasteiger partial charge on any atom is -0.352 e. The van der Waals surface area contributed by atoms with Crippen molar-refractivity contribution in [1.29, 1.82) is 0 Å². The largest absolute Gasteiger partial charge is 0.352 e. The average molecular weight is 410 g/mol. The Hall–Kier alpha value is -2.09. The molecule has 0 fully saturated rings. The van der Waals surface area contributed by atoms with Gasteiger partial charge in [0.25, 0.3) is 5.91 Å². The number of halogens is 1. The first-order chi connectivity index (χ1) is 12.7. The van der Waals surface area contributed by atoms with Crippen LogP contribution < -0.4 is 10.0 Å². The molecule has 27 heavy (non-hydrogen) atoms. The number of anilines is 1. The molecule has 0 aliphatic rings. The highest BCUT2D eigenvalue weighted by atomic mass is 35.5. The Bertz CT molecular complexity index is 873. The molecule has 8 heteroatoms. The predicted octanol–water partition coefficient (Wildman–Crippen LogP) is 2.96. The number of hydrogen-bond donors (Lipinski definition) is 2. The summed E-state index contributed by atoms with van der Waals surface area (Å²) >= 11 is 5.97. The van der Waals surface area contributed by atoms with Crippen molar-refractivity contribution in [1.82, 2.24) is 10.2 Å². The molecular weight excluding hydrogens is 386 g/mol. The third kappa shape index (κ3) is 7.58. The number of hydrogen-bond acceptors (Lipinski definition) is 4. The van der Waals surface area contributed by atoms with Gasteiger partial charge in [-0.2, -0.15) is 0 Å². The molecule has 0 aliphatic heterocycles. The smallest absolute Gasteiger partial charge is 0.251 e. The lowest BCUT2D eigenvalue weighted by Gasteiger charge is -2.16. The molecule has 146 valence electrons. The number of carbonyl (C=O) groups excluding carboxylic acids is 1. The quantitative estimate of drug-likeness (QED) is 0.624. The van der Waals surface area contributed by atoms with Crippen LogP contribution in [0, 0.1) is 0 Å². The first-order valence-electron chi connectivity index (χ1n) is 8.52. The standard InChI is InChI=1S/C19H24ClN3O3S/c1-23(14-15-7-4-3-5-8-15)12-6-11-21-19(24)16-9-10-17(20)18(13-16)22-27(2,25)26/h3-5,7-10,13,22H,6,11-12,14H2,1-2H3,(H,21,24). The number of amides is 1. The number of nitrogens with one attached hydrogen (secondary N) is 2. The molecule has 0 spiro atoms. The Labute approximate surface area is 165 Å². The van der Waals surface area contributed by atoms with Crippen molar-refractivity contribution in [2.24, 2.45) is 0 Å². The van der Waals surface area contributed by atoms with Gasteiger partial charge in [-0.25, -0.2) is 8.42 Å². The SMILES string of the molecule is CN(CCCNC(=O)c1ccc(Cl)c(NS(C)(=O)=O)c1)Cc1ccccc1. The molecule has 2 rings (SSSR count). The zero-order valence-electron chi connectivity index (χ0n) is 15.4. The van der Waals surface area contributed by atoms with E-state index in [2.05, 4.69) is 27.1 Å². The molecule has 2 aromatic carbocycles. The molecule has 0 aliphatic carbocycles. The van der Waals surface area contributed by atoms with E-state index in [1.807, 2.05) is 25.2 Å². The van der Waals surface area contributed by atoms with Crippen molar-refractivity contribution in [3.63, 3.8) is 0 Å². The molecule has 1 amide bonds. The number of rotatable bonds is 9. The number of benzene rings is 2. The summed E-state index contributed by atoms with van der Waals surface area (Å²) in [4.78, 5) is 14.5. The molecule has 0 aromatic heterocycles. The fourth-order valence-corrected chi connectivity index (χ4v) is 3.36. The van der Waals surface area contributed by atoms with Crippen LogP contribution in [0.1, 0.15) is 22.3 Å². The second-order valence-corrected chi connectivity index (χ2v) is 8.56. The third-order valence-corrected chi connectivity index (χ3v) is 4.74. The molecule has 0 atom stereocenters. The number of sulfonamides is 1. The summed E-state index contributed by atoms with van der Waals surface area (Å²) in [5.74, 6) is -0.270. The maximum Gasteiger partial charge on any atom is 0.251 e. The van der Waals surface area contributed by atoms with E-state index in [1.54, 1.807) is 6.07 Å².